The fraction of sp³-hybridized carbons (Fsp3) is 0.143. The fourth-order valence-corrected chi connectivity index (χ4v) is 2.71. The summed E-state index contributed by atoms with van der Waals surface area (Å²) in [6.07, 6.45) is 0. The van der Waals surface area contributed by atoms with Crippen molar-refractivity contribution < 1.29 is 4.79 Å². The highest BCUT2D eigenvalue weighted by Gasteiger charge is 2.07. The van der Waals surface area contributed by atoms with Gasteiger partial charge in [-0.2, -0.15) is 0 Å². The van der Waals surface area contributed by atoms with Crippen LogP contribution in [0, 0.1) is 6.92 Å². The molecule has 3 rings (SSSR count). The van der Waals surface area contributed by atoms with Gasteiger partial charge < -0.3 is 10.3 Å². The number of nitrogens with zero attached hydrogens (tertiary/aromatic N) is 1. The van der Waals surface area contributed by atoms with E-state index >= 15 is 0 Å². The van der Waals surface area contributed by atoms with Gasteiger partial charge in [0.05, 0.1) is 23.6 Å². The summed E-state index contributed by atoms with van der Waals surface area (Å²) >= 11 is 0. The third-order valence-electron chi connectivity index (χ3n) is 4.09. The molecule has 0 aliphatic rings. The lowest BCUT2D eigenvalue weighted by Gasteiger charge is -2.05. The lowest BCUT2D eigenvalue weighted by molar-refractivity contribution is 0.0957. The largest absolute Gasteiger partial charge is 0.354 e. The summed E-state index contributed by atoms with van der Waals surface area (Å²) in [6.45, 7) is 8.27. The van der Waals surface area contributed by atoms with Crippen molar-refractivity contribution in [2.75, 3.05) is 6.54 Å². The molecular weight excluding hydrogens is 310 g/mol. The van der Waals surface area contributed by atoms with Crippen LogP contribution in [0.25, 0.3) is 10.9 Å². The van der Waals surface area contributed by atoms with Crippen LogP contribution in [0.15, 0.2) is 71.9 Å². The van der Waals surface area contributed by atoms with Crippen LogP contribution < -0.4 is 5.32 Å². The Morgan fingerprint density at radius 3 is 2.64 bits per heavy atom. The van der Waals surface area contributed by atoms with E-state index < -0.39 is 0 Å². The first kappa shape index (κ1) is 16.7. The smallest absolute Gasteiger partial charge is 0.251 e. The number of amides is 1. The van der Waals surface area contributed by atoms with Crippen LogP contribution in [0.2, 0.25) is 0 Å². The van der Waals surface area contributed by atoms with E-state index in [9.17, 15) is 4.79 Å². The molecular formula is C21H21N3O. The van der Waals surface area contributed by atoms with Crippen molar-refractivity contribution in [3.63, 3.8) is 0 Å². The van der Waals surface area contributed by atoms with Gasteiger partial charge in [-0.25, -0.2) is 0 Å². The molecule has 1 amide bonds. The van der Waals surface area contributed by atoms with Crippen LogP contribution in [-0.4, -0.2) is 23.1 Å². The van der Waals surface area contributed by atoms with Gasteiger partial charge in [-0.05, 0) is 43.7 Å². The van der Waals surface area contributed by atoms with Crippen molar-refractivity contribution >= 4 is 22.5 Å². The minimum absolute atomic E-state index is 0.129. The van der Waals surface area contributed by atoms with Gasteiger partial charge in [0, 0.05) is 16.5 Å². The molecule has 0 spiro atoms. The highest BCUT2D eigenvalue weighted by Crippen LogP contribution is 2.19. The van der Waals surface area contributed by atoms with E-state index in [2.05, 4.69) is 40.9 Å². The average molecular weight is 331 g/mol. The van der Waals surface area contributed by atoms with Crippen molar-refractivity contribution in [1.82, 2.24) is 10.3 Å². The first-order chi connectivity index (χ1) is 12.0. The summed E-state index contributed by atoms with van der Waals surface area (Å²) < 4.78 is 0. The number of aromatic nitrogens is 1. The number of rotatable bonds is 5. The SMILES string of the molecule is C=C(CNC(=O)c1ccccc1)N=C(C)c1cc2c(C)cccc2[nH]1. The summed E-state index contributed by atoms with van der Waals surface area (Å²) in [5.74, 6) is -0.129. The van der Waals surface area contributed by atoms with Gasteiger partial charge in [0.25, 0.3) is 5.91 Å². The van der Waals surface area contributed by atoms with Crippen molar-refractivity contribution in [3.8, 4) is 0 Å². The zero-order valence-corrected chi connectivity index (χ0v) is 14.5. The molecule has 0 unspecified atom stereocenters. The first-order valence-electron chi connectivity index (χ1n) is 8.19. The Bertz CT molecular complexity index is 952. The Morgan fingerprint density at radius 2 is 1.92 bits per heavy atom. The number of carbonyl (C=O) groups is 1. The van der Waals surface area contributed by atoms with Crippen LogP contribution in [0.3, 0.4) is 0 Å². The Hall–Kier alpha value is -3.14. The lowest BCUT2D eigenvalue weighted by Crippen LogP contribution is -2.25. The number of fused-ring (bicyclic) bond motifs is 1. The quantitative estimate of drug-likeness (QED) is 0.675. The maximum atomic E-state index is 12.1. The number of H-pyrrole nitrogens is 1. The van der Waals surface area contributed by atoms with E-state index in [1.54, 1.807) is 12.1 Å². The normalized spacial score (nSPS) is 11.5. The van der Waals surface area contributed by atoms with Gasteiger partial charge in [-0.15, -0.1) is 0 Å². The fourth-order valence-electron chi connectivity index (χ4n) is 2.71. The predicted octanol–water partition coefficient (Wildman–Crippen LogP) is 4.23. The second-order valence-electron chi connectivity index (χ2n) is 6.03. The predicted molar refractivity (Wildman–Crippen MR) is 103 cm³/mol. The van der Waals surface area contributed by atoms with Gasteiger partial charge in [0.2, 0.25) is 0 Å². The number of aryl methyl sites for hydroxylation is 1. The monoisotopic (exact) mass is 331 g/mol. The molecule has 0 fully saturated rings. The molecule has 1 aromatic heterocycles. The summed E-state index contributed by atoms with van der Waals surface area (Å²) in [6, 6.07) is 17.4. The van der Waals surface area contributed by atoms with E-state index in [4.69, 9.17) is 0 Å². The number of nitrogens with one attached hydrogen (secondary N) is 2. The van der Waals surface area contributed by atoms with E-state index in [1.165, 1.54) is 10.9 Å². The van der Waals surface area contributed by atoms with Crippen molar-refractivity contribution in [3.05, 3.63) is 83.7 Å². The van der Waals surface area contributed by atoms with Crippen LogP contribution in [0.4, 0.5) is 0 Å². The number of aromatic amines is 1. The molecule has 0 atom stereocenters. The summed E-state index contributed by atoms with van der Waals surface area (Å²) in [4.78, 5) is 19.9. The molecule has 1 heterocycles. The van der Waals surface area contributed by atoms with Gasteiger partial charge in [-0.3, -0.25) is 9.79 Å². The molecule has 0 saturated heterocycles. The number of benzene rings is 2. The number of carbonyl (C=O) groups excluding carboxylic acids is 1. The van der Waals surface area contributed by atoms with E-state index in [-0.39, 0.29) is 5.91 Å². The van der Waals surface area contributed by atoms with Crippen LogP contribution >= 0.6 is 0 Å². The number of aliphatic imine (C=N–C) groups is 1. The number of hydrogen-bond acceptors (Lipinski definition) is 2. The van der Waals surface area contributed by atoms with Gasteiger partial charge in [0.15, 0.2) is 0 Å². The molecule has 0 saturated carbocycles. The highest BCUT2D eigenvalue weighted by molar-refractivity contribution is 6.02. The lowest BCUT2D eigenvalue weighted by atomic mass is 10.1. The molecule has 126 valence electrons. The molecule has 0 aliphatic heterocycles. The van der Waals surface area contributed by atoms with E-state index in [1.807, 2.05) is 37.3 Å². The molecule has 25 heavy (non-hydrogen) atoms. The maximum Gasteiger partial charge on any atom is 0.251 e. The second-order valence-corrected chi connectivity index (χ2v) is 6.03. The van der Waals surface area contributed by atoms with Gasteiger partial charge in [-0.1, -0.05) is 36.9 Å². The molecule has 2 aromatic carbocycles. The van der Waals surface area contributed by atoms with Crippen LogP contribution in [0.5, 0.6) is 0 Å². The van der Waals surface area contributed by atoms with E-state index in [0.717, 1.165) is 16.9 Å². The third kappa shape index (κ3) is 3.86. The second kappa shape index (κ2) is 7.18. The zero-order valence-electron chi connectivity index (χ0n) is 14.5. The summed E-state index contributed by atoms with van der Waals surface area (Å²) in [5.41, 5.74) is 5.35. The van der Waals surface area contributed by atoms with Gasteiger partial charge >= 0.3 is 0 Å². The average Bonchev–Trinajstić information content (AvgIpc) is 3.06. The number of hydrogen-bond donors (Lipinski definition) is 2. The molecule has 4 heteroatoms. The third-order valence-corrected chi connectivity index (χ3v) is 4.09. The topological polar surface area (TPSA) is 57.2 Å². The minimum Gasteiger partial charge on any atom is -0.354 e. The Morgan fingerprint density at radius 1 is 1.16 bits per heavy atom. The van der Waals surface area contributed by atoms with Crippen LogP contribution in [-0.2, 0) is 0 Å². The van der Waals surface area contributed by atoms with E-state index in [0.29, 0.717) is 17.8 Å². The molecule has 0 radical (unpaired) electrons. The standard InChI is InChI=1S/C21H21N3O/c1-14-8-7-11-19-18(14)12-20(24-19)16(3)23-15(2)13-22-21(25)17-9-5-4-6-10-17/h4-12,24H,2,13H2,1,3H3,(H,22,25). The Balaban J connectivity index is 1.67. The first-order valence-corrected chi connectivity index (χ1v) is 8.19. The zero-order chi connectivity index (χ0) is 17.8. The maximum absolute atomic E-state index is 12.1. The van der Waals surface area contributed by atoms with Crippen molar-refractivity contribution in [1.29, 1.82) is 0 Å². The summed E-state index contributed by atoms with van der Waals surface area (Å²) in [7, 11) is 0. The van der Waals surface area contributed by atoms with Crippen LogP contribution in [0.1, 0.15) is 28.5 Å². The highest BCUT2D eigenvalue weighted by atomic mass is 16.1. The minimum atomic E-state index is -0.129. The molecule has 3 aromatic rings. The molecule has 0 aliphatic carbocycles. The van der Waals surface area contributed by atoms with Gasteiger partial charge in [0.1, 0.15) is 0 Å². The molecule has 0 bridgehead atoms. The van der Waals surface area contributed by atoms with Crippen molar-refractivity contribution in [2.45, 2.75) is 13.8 Å². The summed E-state index contributed by atoms with van der Waals surface area (Å²) in [5, 5.41) is 4.03. The Labute approximate surface area is 147 Å². The molecule has 2 N–H and O–H groups in total. The van der Waals surface area contributed by atoms with Crippen molar-refractivity contribution in [2.24, 2.45) is 4.99 Å². The Kier molecular flexibility index (Phi) is 4.80. The molecule has 4 nitrogen and oxygen atoms in total.